The third-order valence-corrected chi connectivity index (χ3v) is 2.21. The van der Waals surface area contributed by atoms with Gasteiger partial charge in [-0.1, -0.05) is 11.6 Å². The fourth-order valence-electron chi connectivity index (χ4n) is 0.985. The van der Waals surface area contributed by atoms with Crippen molar-refractivity contribution < 1.29 is 27.5 Å². The Bertz CT molecular complexity index is 456. The number of alkyl halides is 4. The zero-order chi connectivity index (χ0) is 13.9. The van der Waals surface area contributed by atoms with Gasteiger partial charge < -0.3 is 10.4 Å². The van der Waals surface area contributed by atoms with Crippen LogP contribution in [0.5, 0.6) is 0 Å². The zero-order valence-corrected chi connectivity index (χ0v) is 9.39. The van der Waals surface area contributed by atoms with Gasteiger partial charge in [-0.15, -0.1) is 0 Å². The minimum absolute atomic E-state index is 0.186. The summed E-state index contributed by atoms with van der Waals surface area (Å²) < 4.78 is 48.9. The van der Waals surface area contributed by atoms with E-state index in [2.05, 4.69) is 4.98 Å². The normalized spacial score (nSPS) is 11.7. The highest BCUT2D eigenvalue weighted by Gasteiger charge is 2.40. The maximum atomic E-state index is 12.6. The minimum Gasteiger partial charge on any atom is -0.478 e. The number of nitrogens with one attached hydrogen (secondary N) is 1. The number of carbonyl (C=O) groups is 1. The van der Waals surface area contributed by atoms with Crippen LogP contribution in [0.2, 0.25) is 5.02 Å². The molecule has 4 nitrogen and oxygen atoms in total. The third kappa shape index (κ3) is 3.46. The topological polar surface area (TPSA) is 62.2 Å². The van der Waals surface area contributed by atoms with Gasteiger partial charge in [0.25, 0.3) is 0 Å². The molecule has 0 spiro atoms. The van der Waals surface area contributed by atoms with E-state index in [4.69, 9.17) is 16.7 Å². The van der Waals surface area contributed by atoms with Gasteiger partial charge in [-0.25, -0.2) is 18.6 Å². The van der Waals surface area contributed by atoms with Crippen LogP contribution in [0.1, 0.15) is 10.4 Å². The lowest BCUT2D eigenvalue weighted by molar-refractivity contribution is -0.117. The first-order valence-electron chi connectivity index (χ1n) is 4.52. The van der Waals surface area contributed by atoms with Crippen molar-refractivity contribution in [2.24, 2.45) is 0 Å². The number of pyridine rings is 1. The number of anilines is 1. The number of halogens is 5. The monoisotopic (exact) mass is 286 g/mol. The Morgan fingerprint density at radius 2 is 2.17 bits per heavy atom. The van der Waals surface area contributed by atoms with Gasteiger partial charge in [0.15, 0.2) is 0 Å². The van der Waals surface area contributed by atoms with Crippen LogP contribution in [0.4, 0.5) is 23.4 Å². The van der Waals surface area contributed by atoms with E-state index in [1.165, 1.54) is 0 Å². The van der Waals surface area contributed by atoms with Gasteiger partial charge in [-0.3, -0.25) is 0 Å². The molecule has 1 rings (SSSR count). The number of hydrogen-bond donors (Lipinski definition) is 2. The highest BCUT2D eigenvalue weighted by atomic mass is 35.5. The average Bonchev–Trinajstić information content (AvgIpc) is 2.27. The van der Waals surface area contributed by atoms with Gasteiger partial charge in [0.1, 0.15) is 5.82 Å². The van der Waals surface area contributed by atoms with E-state index >= 15 is 0 Å². The molecule has 0 bridgehead atoms. The van der Waals surface area contributed by atoms with E-state index in [1.807, 2.05) is 5.32 Å². The summed E-state index contributed by atoms with van der Waals surface area (Å²) in [5.74, 6) is -5.90. The smallest absolute Gasteiger partial charge is 0.337 e. The Kier molecular flexibility index (Phi) is 4.33. The number of hydrogen-bond acceptors (Lipinski definition) is 3. The molecule has 0 radical (unpaired) electrons. The molecule has 0 aromatic carbocycles. The van der Waals surface area contributed by atoms with E-state index < -0.39 is 24.9 Å². The number of carboxylic acids is 1. The second-order valence-electron chi connectivity index (χ2n) is 3.27. The number of carboxylic acid groups (broad SMARTS) is 1. The lowest BCUT2D eigenvalue weighted by Gasteiger charge is -2.16. The van der Waals surface area contributed by atoms with Crippen molar-refractivity contribution in [3.05, 3.63) is 22.8 Å². The fraction of sp³-hybridized carbons (Fsp3) is 0.333. The number of nitrogens with zero attached hydrogens (tertiary/aromatic N) is 1. The van der Waals surface area contributed by atoms with Gasteiger partial charge >= 0.3 is 18.3 Å². The number of rotatable bonds is 5. The Balaban J connectivity index is 2.81. The van der Waals surface area contributed by atoms with Crippen molar-refractivity contribution in [2.45, 2.75) is 12.3 Å². The molecule has 9 heteroatoms. The average molecular weight is 287 g/mol. The molecule has 18 heavy (non-hydrogen) atoms. The predicted octanol–water partition coefficient (Wildman–Crippen LogP) is 2.75. The molecule has 0 aliphatic carbocycles. The molecule has 0 atom stereocenters. The quantitative estimate of drug-likeness (QED) is 0.817. The lowest BCUT2D eigenvalue weighted by Crippen LogP contribution is -2.35. The van der Waals surface area contributed by atoms with Crippen molar-refractivity contribution in [3.63, 3.8) is 0 Å². The van der Waals surface area contributed by atoms with Crippen LogP contribution in [0.25, 0.3) is 0 Å². The molecule has 0 fully saturated rings. The van der Waals surface area contributed by atoms with Gasteiger partial charge in [0.2, 0.25) is 0 Å². The van der Waals surface area contributed by atoms with Crippen LogP contribution >= 0.6 is 11.6 Å². The van der Waals surface area contributed by atoms with Crippen LogP contribution in [0, 0.1) is 0 Å². The molecular weight excluding hydrogens is 280 g/mol. The summed E-state index contributed by atoms with van der Waals surface area (Å²) in [5.41, 5.74) is -0.366. The van der Waals surface area contributed by atoms with Gasteiger partial charge in [-0.05, 0) is 6.07 Å². The summed E-state index contributed by atoms with van der Waals surface area (Å²) >= 11 is 5.49. The molecule has 0 aliphatic heterocycles. The lowest BCUT2D eigenvalue weighted by atomic mass is 10.2. The molecular formula is C9H7ClF4N2O2. The second-order valence-corrected chi connectivity index (χ2v) is 3.68. The Morgan fingerprint density at radius 1 is 1.56 bits per heavy atom. The maximum absolute atomic E-state index is 12.6. The number of aromatic carboxylic acids is 1. The Morgan fingerprint density at radius 3 is 2.67 bits per heavy atom. The molecule has 1 aromatic rings. The Hall–Kier alpha value is -1.57. The highest BCUT2D eigenvalue weighted by molar-refractivity contribution is 6.33. The summed E-state index contributed by atoms with van der Waals surface area (Å²) in [6.45, 7) is -1.36. The second kappa shape index (κ2) is 5.38. The molecule has 100 valence electrons. The van der Waals surface area contributed by atoms with E-state index in [1.54, 1.807) is 0 Å². The molecule has 0 amide bonds. The summed E-state index contributed by atoms with van der Waals surface area (Å²) in [4.78, 5) is 14.2. The highest BCUT2D eigenvalue weighted by Crippen LogP contribution is 2.24. The van der Waals surface area contributed by atoms with Crippen molar-refractivity contribution >= 4 is 23.4 Å². The molecule has 2 N–H and O–H groups in total. The summed E-state index contributed by atoms with van der Waals surface area (Å²) in [6.07, 6.45) is -2.90. The molecule has 0 aliphatic rings. The summed E-state index contributed by atoms with van der Waals surface area (Å²) in [7, 11) is 0. The van der Waals surface area contributed by atoms with Crippen LogP contribution in [-0.4, -0.2) is 35.0 Å². The first-order chi connectivity index (χ1) is 8.24. The van der Waals surface area contributed by atoms with Crippen molar-refractivity contribution in [1.29, 1.82) is 0 Å². The van der Waals surface area contributed by atoms with Crippen LogP contribution < -0.4 is 5.32 Å². The molecule has 0 unspecified atom stereocenters. The van der Waals surface area contributed by atoms with Crippen LogP contribution in [0.3, 0.4) is 0 Å². The summed E-state index contributed by atoms with van der Waals surface area (Å²) in [5, 5.41) is 10.4. The van der Waals surface area contributed by atoms with Crippen molar-refractivity contribution in [2.75, 3.05) is 11.9 Å². The predicted molar refractivity (Wildman–Crippen MR) is 55.6 cm³/mol. The first kappa shape index (κ1) is 14.5. The fourth-order valence-corrected chi connectivity index (χ4v) is 1.17. The minimum atomic E-state index is -4.23. The molecule has 0 saturated carbocycles. The van der Waals surface area contributed by atoms with Crippen molar-refractivity contribution in [3.8, 4) is 0 Å². The molecule has 0 saturated heterocycles. The SMILES string of the molecule is O=C(O)c1cc(NCC(F)(F)C(F)F)ncc1Cl. The van der Waals surface area contributed by atoms with Crippen molar-refractivity contribution in [1.82, 2.24) is 4.98 Å². The van der Waals surface area contributed by atoms with E-state index in [-0.39, 0.29) is 16.4 Å². The summed E-state index contributed by atoms with van der Waals surface area (Å²) in [6, 6.07) is 0.881. The number of aromatic nitrogens is 1. The first-order valence-corrected chi connectivity index (χ1v) is 4.90. The van der Waals surface area contributed by atoms with E-state index in [0.717, 1.165) is 12.3 Å². The standard InChI is InChI=1S/C9H7ClF4N2O2/c10-5-2-15-6(1-4(5)7(17)18)16-3-9(13,14)8(11)12/h1-2,8H,3H2,(H,15,16)(H,17,18). The Labute approximate surface area is 104 Å². The zero-order valence-electron chi connectivity index (χ0n) is 8.63. The van der Waals surface area contributed by atoms with E-state index in [9.17, 15) is 22.4 Å². The largest absolute Gasteiger partial charge is 0.478 e. The van der Waals surface area contributed by atoms with Gasteiger partial charge in [0, 0.05) is 6.20 Å². The van der Waals surface area contributed by atoms with Crippen LogP contribution in [-0.2, 0) is 0 Å². The molecule has 1 heterocycles. The van der Waals surface area contributed by atoms with E-state index in [0.29, 0.717) is 0 Å². The van der Waals surface area contributed by atoms with Gasteiger partial charge in [-0.2, -0.15) is 8.78 Å². The molecule has 1 aromatic heterocycles. The maximum Gasteiger partial charge on any atom is 0.337 e. The third-order valence-electron chi connectivity index (χ3n) is 1.91. The van der Waals surface area contributed by atoms with Crippen LogP contribution in [0.15, 0.2) is 12.3 Å². The van der Waals surface area contributed by atoms with Gasteiger partial charge in [0.05, 0.1) is 17.1 Å².